The Balaban J connectivity index is 1.98. The van der Waals surface area contributed by atoms with E-state index in [-0.39, 0.29) is 0 Å². The molecule has 2 heterocycles. The molecule has 6 heteroatoms. The molecule has 3 aromatic rings. The lowest BCUT2D eigenvalue weighted by Crippen LogP contribution is -2.43. The number of guanidine groups is 1. The van der Waals surface area contributed by atoms with Crippen molar-refractivity contribution >= 4 is 23.3 Å². The molecule has 0 spiro atoms. The highest BCUT2D eigenvalue weighted by molar-refractivity contribution is 6.13. The Morgan fingerprint density at radius 1 is 0.815 bits per heavy atom. The lowest BCUT2D eigenvalue weighted by molar-refractivity contribution is 0.931. The summed E-state index contributed by atoms with van der Waals surface area (Å²) < 4.78 is 0. The van der Waals surface area contributed by atoms with Gasteiger partial charge in [0.2, 0.25) is 11.9 Å². The molecule has 4 rings (SSSR count). The van der Waals surface area contributed by atoms with Crippen molar-refractivity contribution in [3.05, 3.63) is 89.2 Å². The lowest BCUT2D eigenvalue weighted by Gasteiger charge is -2.31. The predicted octanol–water partition coefficient (Wildman–Crippen LogP) is 3.26. The van der Waals surface area contributed by atoms with Crippen molar-refractivity contribution in [3.63, 3.8) is 0 Å². The number of nitrogens with one attached hydrogen (secondary N) is 1. The molecule has 0 atom stereocenters. The van der Waals surface area contributed by atoms with E-state index < -0.39 is 0 Å². The van der Waals surface area contributed by atoms with E-state index in [1.54, 1.807) is 4.90 Å². The summed E-state index contributed by atoms with van der Waals surface area (Å²) in [6, 6.07) is 22.0. The van der Waals surface area contributed by atoms with E-state index in [0.717, 1.165) is 33.9 Å². The minimum absolute atomic E-state index is 0.290. The number of benzene rings is 2. The Morgan fingerprint density at radius 2 is 1.37 bits per heavy atom. The Bertz CT molecular complexity index is 1000. The summed E-state index contributed by atoms with van der Waals surface area (Å²) >= 11 is 0. The van der Waals surface area contributed by atoms with Crippen LogP contribution in [0, 0.1) is 13.8 Å². The molecule has 0 radical (unpaired) electrons. The van der Waals surface area contributed by atoms with Crippen LogP contribution in [0.15, 0.2) is 71.8 Å². The van der Waals surface area contributed by atoms with Gasteiger partial charge >= 0.3 is 0 Å². The third-order valence-corrected chi connectivity index (χ3v) is 4.25. The number of hydrazone groups is 1. The van der Waals surface area contributed by atoms with E-state index in [0.29, 0.717) is 11.9 Å². The van der Waals surface area contributed by atoms with Crippen LogP contribution < -0.4 is 16.1 Å². The van der Waals surface area contributed by atoms with Gasteiger partial charge in [-0.3, -0.25) is 5.43 Å². The largest absolute Gasteiger partial charge is 0.368 e. The number of hydrogen-bond donors (Lipinski definition) is 2. The van der Waals surface area contributed by atoms with Crippen molar-refractivity contribution in [2.75, 3.05) is 4.90 Å². The van der Waals surface area contributed by atoms with Gasteiger partial charge in [0.05, 0.1) is 11.4 Å². The van der Waals surface area contributed by atoms with Crippen LogP contribution in [0.5, 0.6) is 0 Å². The number of nitrogens with zero attached hydrogens (tertiary/aromatic N) is 4. The maximum Gasteiger partial charge on any atom is 0.237 e. The molecule has 0 saturated heterocycles. The molecule has 0 saturated carbocycles. The second-order valence-electron chi connectivity index (χ2n) is 6.32. The standard InChI is InChI=1S/C21H20N6/c1-14-13-15(2)24-21(23-14)27-19(17-11-7-4-8-12-17)18(25-26-20(27)22)16-9-5-3-6-10-16/h3-13,25H,1-2H3,(H2,22,26). The normalized spacial score (nSPS) is 14.0. The Morgan fingerprint density at radius 3 is 1.96 bits per heavy atom. The molecule has 0 bridgehead atoms. The fraction of sp³-hybridized carbons (Fsp3) is 0.0952. The van der Waals surface area contributed by atoms with Gasteiger partial charge in [-0.15, -0.1) is 5.10 Å². The van der Waals surface area contributed by atoms with E-state index in [1.807, 2.05) is 80.6 Å². The van der Waals surface area contributed by atoms with Crippen LogP contribution in [0.25, 0.3) is 11.4 Å². The Hall–Kier alpha value is -3.67. The van der Waals surface area contributed by atoms with Gasteiger partial charge in [-0.2, -0.15) is 0 Å². The topological polar surface area (TPSA) is 79.4 Å². The zero-order valence-corrected chi connectivity index (χ0v) is 15.2. The molecule has 1 aliphatic heterocycles. The van der Waals surface area contributed by atoms with E-state index in [2.05, 4.69) is 20.5 Å². The minimum Gasteiger partial charge on any atom is -0.368 e. The number of nitrogens with two attached hydrogens (primary N) is 1. The van der Waals surface area contributed by atoms with E-state index in [1.165, 1.54) is 0 Å². The van der Waals surface area contributed by atoms with Crippen molar-refractivity contribution in [2.45, 2.75) is 13.8 Å². The molecular formula is C21H20N6. The van der Waals surface area contributed by atoms with Gasteiger partial charge in [-0.1, -0.05) is 60.7 Å². The van der Waals surface area contributed by atoms with Crippen molar-refractivity contribution < 1.29 is 0 Å². The number of aromatic nitrogens is 2. The molecule has 1 aromatic heterocycles. The molecule has 0 aliphatic carbocycles. The van der Waals surface area contributed by atoms with Crippen LogP contribution in [-0.4, -0.2) is 15.9 Å². The SMILES string of the molecule is Cc1cc(C)nc(N2C(N)=NNC(c3ccccc3)=C2c2ccccc2)n1. The Labute approximate surface area is 158 Å². The summed E-state index contributed by atoms with van der Waals surface area (Å²) in [5.41, 5.74) is 14.8. The average Bonchev–Trinajstić information content (AvgIpc) is 2.68. The van der Waals surface area contributed by atoms with Gasteiger partial charge in [0.1, 0.15) is 0 Å². The predicted molar refractivity (Wildman–Crippen MR) is 108 cm³/mol. The fourth-order valence-electron chi connectivity index (χ4n) is 3.13. The quantitative estimate of drug-likeness (QED) is 0.753. The maximum absolute atomic E-state index is 6.28. The third-order valence-electron chi connectivity index (χ3n) is 4.25. The van der Waals surface area contributed by atoms with Crippen molar-refractivity contribution in [1.29, 1.82) is 0 Å². The summed E-state index contributed by atoms with van der Waals surface area (Å²) in [5.74, 6) is 0.793. The molecule has 1 aliphatic rings. The summed E-state index contributed by atoms with van der Waals surface area (Å²) in [6.45, 7) is 3.88. The van der Waals surface area contributed by atoms with E-state index in [9.17, 15) is 0 Å². The maximum atomic E-state index is 6.28. The highest BCUT2D eigenvalue weighted by atomic mass is 15.5. The van der Waals surface area contributed by atoms with Gasteiger partial charge < -0.3 is 5.73 Å². The Kier molecular flexibility index (Phi) is 4.30. The summed E-state index contributed by atoms with van der Waals surface area (Å²) in [5, 5.41) is 4.31. The van der Waals surface area contributed by atoms with Crippen LogP contribution in [0.3, 0.4) is 0 Å². The van der Waals surface area contributed by atoms with Crippen LogP contribution in [-0.2, 0) is 0 Å². The lowest BCUT2D eigenvalue weighted by atomic mass is 10.0. The molecule has 6 nitrogen and oxygen atoms in total. The molecule has 2 aromatic carbocycles. The zero-order valence-electron chi connectivity index (χ0n) is 15.2. The van der Waals surface area contributed by atoms with Crippen LogP contribution in [0.1, 0.15) is 22.5 Å². The van der Waals surface area contributed by atoms with E-state index in [4.69, 9.17) is 5.73 Å². The minimum atomic E-state index is 0.290. The summed E-state index contributed by atoms with van der Waals surface area (Å²) in [6.07, 6.45) is 0. The summed E-state index contributed by atoms with van der Waals surface area (Å²) in [7, 11) is 0. The van der Waals surface area contributed by atoms with Gasteiger partial charge in [0, 0.05) is 22.5 Å². The van der Waals surface area contributed by atoms with Gasteiger partial charge in [0.25, 0.3) is 0 Å². The van der Waals surface area contributed by atoms with Gasteiger partial charge in [-0.25, -0.2) is 14.9 Å². The molecule has 134 valence electrons. The highest BCUT2D eigenvalue weighted by Gasteiger charge is 2.28. The van der Waals surface area contributed by atoms with Gasteiger partial charge in [0.15, 0.2) is 0 Å². The first kappa shape index (κ1) is 16.8. The first-order valence-electron chi connectivity index (χ1n) is 8.70. The van der Waals surface area contributed by atoms with Crippen molar-refractivity contribution in [2.24, 2.45) is 10.8 Å². The first-order chi connectivity index (χ1) is 13.1. The molecule has 0 fully saturated rings. The van der Waals surface area contributed by atoms with Crippen molar-refractivity contribution in [1.82, 2.24) is 15.4 Å². The number of aryl methyl sites for hydroxylation is 2. The first-order valence-corrected chi connectivity index (χ1v) is 8.70. The molecular weight excluding hydrogens is 336 g/mol. The second kappa shape index (κ2) is 6.92. The molecule has 27 heavy (non-hydrogen) atoms. The number of anilines is 1. The van der Waals surface area contributed by atoms with E-state index >= 15 is 0 Å². The molecule has 3 N–H and O–H groups in total. The second-order valence-corrected chi connectivity index (χ2v) is 6.32. The smallest absolute Gasteiger partial charge is 0.237 e. The monoisotopic (exact) mass is 356 g/mol. The van der Waals surface area contributed by atoms with Crippen LogP contribution >= 0.6 is 0 Å². The highest BCUT2D eigenvalue weighted by Crippen LogP contribution is 2.32. The molecule has 0 unspecified atom stereocenters. The van der Waals surface area contributed by atoms with Crippen molar-refractivity contribution in [3.8, 4) is 0 Å². The summed E-state index contributed by atoms with van der Waals surface area (Å²) in [4.78, 5) is 11.0. The van der Waals surface area contributed by atoms with Crippen LogP contribution in [0.4, 0.5) is 5.95 Å². The average molecular weight is 356 g/mol. The third kappa shape index (κ3) is 3.25. The number of rotatable bonds is 3. The van der Waals surface area contributed by atoms with Gasteiger partial charge in [-0.05, 0) is 19.9 Å². The number of hydrogen-bond acceptors (Lipinski definition) is 6. The zero-order chi connectivity index (χ0) is 18.8. The fourth-order valence-corrected chi connectivity index (χ4v) is 3.13. The van der Waals surface area contributed by atoms with Crippen LogP contribution in [0.2, 0.25) is 0 Å². The molecule has 0 amide bonds.